The fraction of sp³-hybridized carbons (Fsp3) is 0.333. The van der Waals surface area contributed by atoms with E-state index in [0.29, 0.717) is 29.7 Å². The first-order valence-electron chi connectivity index (χ1n) is 8.41. The van der Waals surface area contributed by atoms with E-state index in [-0.39, 0.29) is 11.5 Å². The van der Waals surface area contributed by atoms with Crippen LogP contribution in [0.5, 0.6) is 0 Å². The maximum atomic E-state index is 12.6. The Bertz CT molecular complexity index is 1040. The van der Waals surface area contributed by atoms with Crippen molar-refractivity contribution in [3.8, 4) is 0 Å². The summed E-state index contributed by atoms with van der Waals surface area (Å²) in [5.74, 6) is 0.221. The van der Waals surface area contributed by atoms with Gasteiger partial charge in [-0.3, -0.25) is 9.59 Å². The van der Waals surface area contributed by atoms with Crippen LogP contribution in [0.15, 0.2) is 35.1 Å². The molecule has 3 aromatic rings. The van der Waals surface area contributed by atoms with Gasteiger partial charge in [0, 0.05) is 37.1 Å². The lowest BCUT2D eigenvalue weighted by molar-refractivity contribution is 0.0704. The summed E-state index contributed by atoms with van der Waals surface area (Å²) in [6.45, 7) is 1.31. The Morgan fingerprint density at radius 1 is 1.23 bits per heavy atom. The number of fused-ring (bicyclic) bond motifs is 1. The highest BCUT2D eigenvalue weighted by Crippen LogP contribution is 2.34. The fourth-order valence-corrected chi connectivity index (χ4v) is 4.48. The van der Waals surface area contributed by atoms with Gasteiger partial charge in [-0.25, -0.2) is 9.67 Å². The van der Waals surface area contributed by atoms with E-state index in [9.17, 15) is 9.59 Å². The first-order valence-corrected chi connectivity index (χ1v) is 9.60. The molecule has 0 saturated carbocycles. The van der Waals surface area contributed by atoms with Crippen molar-refractivity contribution in [1.82, 2.24) is 19.7 Å². The third-order valence-electron chi connectivity index (χ3n) is 4.68. The molecule has 0 N–H and O–H groups in total. The summed E-state index contributed by atoms with van der Waals surface area (Å²) >= 11 is 7.74. The molecular formula is C18H17ClN4O2S. The molecule has 0 spiro atoms. The second-order valence-corrected chi connectivity index (χ2v) is 7.91. The predicted octanol–water partition coefficient (Wildman–Crippen LogP) is 3.06. The largest absolute Gasteiger partial charge is 0.337 e. The average Bonchev–Trinajstić information content (AvgIpc) is 3.06. The lowest BCUT2D eigenvalue weighted by Crippen LogP contribution is -2.39. The van der Waals surface area contributed by atoms with Crippen molar-refractivity contribution in [2.24, 2.45) is 7.05 Å². The van der Waals surface area contributed by atoms with E-state index in [1.54, 1.807) is 23.3 Å². The minimum absolute atomic E-state index is 0.130. The number of benzene rings is 1. The van der Waals surface area contributed by atoms with Gasteiger partial charge in [-0.05, 0) is 37.1 Å². The van der Waals surface area contributed by atoms with Crippen LogP contribution in [-0.2, 0) is 7.05 Å². The molecule has 1 aromatic carbocycles. The van der Waals surface area contributed by atoms with Crippen LogP contribution in [0.1, 0.15) is 34.3 Å². The molecule has 1 fully saturated rings. The molecule has 1 amide bonds. The zero-order valence-electron chi connectivity index (χ0n) is 14.2. The summed E-state index contributed by atoms with van der Waals surface area (Å²) in [6, 6.07) is 8.64. The number of amides is 1. The number of nitrogens with zero attached hydrogens (tertiary/aromatic N) is 4. The van der Waals surface area contributed by atoms with Crippen molar-refractivity contribution in [1.29, 1.82) is 0 Å². The third-order valence-corrected chi connectivity index (χ3v) is 6.11. The van der Waals surface area contributed by atoms with Crippen LogP contribution in [0.25, 0.3) is 10.2 Å². The van der Waals surface area contributed by atoms with Crippen LogP contribution in [0.2, 0.25) is 5.02 Å². The first-order chi connectivity index (χ1) is 12.5. The SMILES string of the molecule is Cn1nc(C(=O)N2CCC(c3nc4cc(Cl)ccc4s3)CC2)ccc1=O. The van der Waals surface area contributed by atoms with Gasteiger partial charge in [0.05, 0.1) is 15.2 Å². The number of piperidine rings is 1. The molecule has 4 rings (SSSR count). The van der Waals surface area contributed by atoms with Crippen LogP contribution < -0.4 is 5.56 Å². The maximum Gasteiger partial charge on any atom is 0.274 e. The standard InChI is InChI=1S/C18H17ClN4O2S/c1-22-16(24)5-3-13(21-22)18(25)23-8-6-11(7-9-23)17-20-14-10-12(19)2-4-15(14)26-17/h2-5,10-11H,6-9H2,1H3. The monoisotopic (exact) mass is 388 g/mol. The van der Waals surface area contributed by atoms with Crippen molar-refractivity contribution in [3.05, 3.63) is 56.4 Å². The van der Waals surface area contributed by atoms with E-state index in [0.717, 1.165) is 28.1 Å². The molecule has 8 heteroatoms. The second kappa shape index (κ2) is 6.81. The number of halogens is 1. The Kier molecular flexibility index (Phi) is 4.50. The molecule has 0 unspecified atom stereocenters. The minimum atomic E-state index is -0.226. The molecule has 134 valence electrons. The highest BCUT2D eigenvalue weighted by atomic mass is 35.5. The smallest absolute Gasteiger partial charge is 0.274 e. The molecule has 0 atom stereocenters. The van der Waals surface area contributed by atoms with E-state index in [2.05, 4.69) is 5.10 Å². The van der Waals surface area contributed by atoms with Crippen molar-refractivity contribution >= 4 is 39.1 Å². The van der Waals surface area contributed by atoms with Gasteiger partial charge in [0.25, 0.3) is 11.5 Å². The molecule has 1 saturated heterocycles. The van der Waals surface area contributed by atoms with Crippen LogP contribution in [-0.4, -0.2) is 38.7 Å². The highest BCUT2D eigenvalue weighted by molar-refractivity contribution is 7.18. The van der Waals surface area contributed by atoms with Gasteiger partial charge < -0.3 is 4.90 Å². The van der Waals surface area contributed by atoms with Crippen LogP contribution in [0.4, 0.5) is 0 Å². The van der Waals surface area contributed by atoms with Crippen molar-refractivity contribution in [3.63, 3.8) is 0 Å². The van der Waals surface area contributed by atoms with Crippen LogP contribution in [0.3, 0.4) is 0 Å². The van der Waals surface area contributed by atoms with Gasteiger partial charge in [-0.1, -0.05) is 11.6 Å². The lowest BCUT2D eigenvalue weighted by atomic mass is 9.97. The number of rotatable bonds is 2. The van der Waals surface area contributed by atoms with E-state index in [4.69, 9.17) is 16.6 Å². The number of aryl methyl sites for hydroxylation is 1. The molecule has 1 aliphatic heterocycles. The second-order valence-electron chi connectivity index (χ2n) is 6.41. The van der Waals surface area contributed by atoms with Gasteiger partial charge in [0.2, 0.25) is 0 Å². The number of likely N-dealkylation sites (tertiary alicyclic amines) is 1. The molecular weight excluding hydrogens is 372 g/mol. The number of carbonyl (C=O) groups is 1. The fourth-order valence-electron chi connectivity index (χ4n) is 3.20. The molecule has 6 nitrogen and oxygen atoms in total. The Balaban J connectivity index is 1.46. The molecule has 0 radical (unpaired) electrons. The van der Waals surface area contributed by atoms with Crippen LogP contribution in [0, 0.1) is 0 Å². The van der Waals surface area contributed by atoms with E-state index >= 15 is 0 Å². The third kappa shape index (κ3) is 3.24. The minimum Gasteiger partial charge on any atom is -0.337 e. The van der Waals surface area contributed by atoms with E-state index < -0.39 is 0 Å². The number of hydrogen-bond acceptors (Lipinski definition) is 5. The summed E-state index contributed by atoms with van der Waals surface area (Å²) in [4.78, 5) is 30.6. The zero-order chi connectivity index (χ0) is 18.3. The number of aromatic nitrogens is 3. The van der Waals surface area contributed by atoms with Gasteiger partial charge in [0.1, 0.15) is 5.69 Å². The van der Waals surface area contributed by atoms with Gasteiger partial charge in [0.15, 0.2) is 0 Å². The van der Waals surface area contributed by atoms with Crippen molar-refractivity contribution in [2.45, 2.75) is 18.8 Å². The number of thiazole rings is 1. The molecule has 0 aliphatic carbocycles. The molecule has 3 heterocycles. The average molecular weight is 389 g/mol. The Hall–Kier alpha value is -2.25. The Labute approximate surface area is 159 Å². The summed E-state index contributed by atoms with van der Waals surface area (Å²) in [7, 11) is 1.55. The molecule has 26 heavy (non-hydrogen) atoms. The Morgan fingerprint density at radius 3 is 2.73 bits per heavy atom. The Morgan fingerprint density at radius 2 is 2.00 bits per heavy atom. The molecule has 2 aromatic heterocycles. The van der Waals surface area contributed by atoms with Crippen molar-refractivity contribution in [2.75, 3.05) is 13.1 Å². The lowest BCUT2D eigenvalue weighted by Gasteiger charge is -2.30. The summed E-state index contributed by atoms with van der Waals surface area (Å²) in [5.41, 5.74) is 1.02. The quantitative estimate of drug-likeness (QED) is 0.676. The summed E-state index contributed by atoms with van der Waals surface area (Å²) in [5, 5.41) is 5.85. The van der Waals surface area contributed by atoms with E-state index in [1.165, 1.54) is 16.8 Å². The zero-order valence-corrected chi connectivity index (χ0v) is 15.8. The summed E-state index contributed by atoms with van der Waals surface area (Å²) < 4.78 is 2.32. The van der Waals surface area contributed by atoms with Gasteiger partial charge >= 0.3 is 0 Å². The van der Waals surface area contributed by atoms with Gasteiger partial charge in [-0.2, -0.15) is 5.10 Å². The topological polar surface area (TPSA) is 68.1 Å². The van der Waals surface area contributed by atoms with Crippen molar-refractivity contribution < 1.29 is 4.79 Å². The van der Waals surface area contributed by atoms with Gasteiger partial charge in [-0.15, -0.1) is 11.3 Å². The van der Waals surface area contributed by atoms with E-state index in [1.807, 2.05) is 18.2 Å². The summed E-state index contributed by atoms with van der Waals surface area (Å²) in [6.07, 6.45) is 1.73. The number of carbonyl (C=O) groups excluding carboxylic acids is 1. The maximum absolute atomic E-state index is 12.6. The van der Waals surface area contributed by atoms with Crippen LogP contribution >= 0.6 is 22.9 Å². The first kappa shape index (κ1) is 17.2. The predicted molar refractivity (Wildman–Crippen MR) is 102 cm³/mol. The highest BCUT2D eigenvalue weighted by Gasteiger charge is 2.27. The molecule has 0 bridgehead atoms. The number of hydrogen-bond donors (Lipinski definition) is 0. The molecule has 1 aliphatic rings. The normalized spacial score (nSPS) is 15.5.